The first kappa shape index (κ1) is 17.8. The van der Waals surface area contributed by atoms with Crippen LogP contribution in [0.15, 0.2) is 18.2 Å². The highest BCUT2D eigenvalue weighted by Crippen LogP contribution is 2.27. The molecule has 1 heterocycles. The molecule has 6 heteroatoms. The summed E-state index contributed by atoms with van der Waals surface area (Å²) in [5.74, 6) is -1.96. The molecule has 1 saturated heterocycles. The SMILES string of the molecule is COC(=O)CCN(Cc1cccc(F)c1F)CC1(C)CCNC1. The molecule has 1 N–H and O–H groups in total. The molecule has 1 aliphatic heterocycles. The third-order valence-corrected chi connectivity index (χ3v) is 4.35. The van der Waals surface area contributed by atoms with E-state index in [1.807, 2.05) is 4.90 Å². The fourth-order valence-corrected chi connectivity index (χ4v) is 3.02. The summed E-state index contributed by atoms with van der Waals surface area (Å²) in [6, 6.07) is 4.20. The van der Waals surface area contributed by atoms with Gasteiger partial charge < -0.3 is 10.1 Å². The Labute approximate surface area is 135 Å². The van der Waals surface area contributed by atoms with Gasteiger partial charge >= 0.3 is 5.97 Å². The molecule has 0 radical (unpaired) electrons. The van der Waals surface area contributed by atoms with Crippen LogP contribution in [0, 0.1) is 17.0 Å². The fraction of sp³-hybridized carbons (Fsp3) is 0.588. The summed E-state index contributed by atoms with van der Waals surface area (Å²) < 4.78 is 32.0. The Kier molecular flexibility index (Phi) is 6.07. The van der Waals surface area contributed by atoms with Crippen LogP contribution in [-0.4, -0.2) is 44.2 Å². The van der Waals surface area contributed by atoms with E-state index in [-0.39, 0.29) is 24.3 Å². The van der Waals surface area contributed by atoms with Crippen molar-refractivity contribution in [3.8, 4) is 0 Å². The monoisotopic (exact) mass is 326 g/mol. The van der Waals surface area contributed by atoms with Gasteiger partial charge in [-0.15, -0.1) is 0 Å². The Morgan fingerprint density at radius 3 is 2.87 bits per heavy atom. The molecule has 1 aliphatic rings. The Morgan fingerprint density at radius 2 is 2.22 bits per heavy atom. The van der Waals surface area contributed by atoms with E-state index < -0.39 is 11.6 Å². The van der Waals surface area contributed by atoms with Crippen molar-refractivity contribution >= 4 is 5.97 Å². The van der Waals surface area contributed by atoms with Crippen LogP contribution in [0.3, 0.4) is 0 Å². The molecule has 0 aliphatic carbocycles. The highest BCUT2D eigenvalue weighted by molar-refractivity contribution is 5.69. The van der Waals surface area contributed by atoms with Crippen molar-refractivity contribution in [3.63, 3.8) is 0 Å². The molecule has 128 valence electrons. The maximum Gasteiger partial charge on any atom is 0.306 e. The van der Waals surface area contributed by atoms with E-state index in [0.717, 1.165) is 25.6 Å². The summed E-state index contributed by atoms with van der Waals surface area (Å²) in [5.41, 5.74) is 0.379. The number of ether oxygens (including phenoxy) is 1. The summed E-state index contributed by atoms with van der Waals surface area (Å²) in [6.07, 6.45) is 1.25. The van der Waals surface area contributed by atoms with Crippen molar-refractivity contribution in [2.24, 2.45) is 5.41 Å². The molecule has 4 nitrogen and oxygen atoms in total. The molecule has 0 spiro atoms. The first-order valence-electron chi connectivity index (χ1n) is 7.86. The molecular formula is C17H24F2N2O2. The van der Waals surface area contributed by atoms with E-state index in [9.17, 15) is 13.6 Å². The molecule has 0 aromatic heterocycles. The van der Waals surface area contributed by atoms with Crippen LogP contribution in [0.25, 0.3) is 0 Å². The molecule has 1 unspecified atom stereocenters. The number of nitrogens with zero attached hydrogens (tertiary/aromatic N) is 1. The standard InChI is InChI=1S/C17H24F2N2O2/c1-17(7-8-20-11-17)12-21(9-6-15(22)23-2)10-13-4-3-5-14(18)16(13)19/h3-5,20H,6-12H2,1-2H3. The Hall–Kier alpha value is -1.53. The van der Waals surface area contributed by atoms with Crippen molar-refractivity contribution in [3.05, 3.63) is 35.4 Å². The molecule has 0 saturated carbocycles. The summed E-state index contributed by atoms with van der Waals surface area (Å²) in [4.78, 5) is 13.4. The number of benzene rings is 1. The summed E-state index contributed by atoms with van der Waals surface area (Å²) >= 11 is 0. The molecular weight excluding hydrogens is 302 g/mol. The highest BCUT2D eigenvalue weighted by Gasteiger charge is 2.31. The first-order chi connectivity index (χ1) is 10.9. The van der Waals surface area contributed by atoms with Gasteiger partial charge in [-0.2, -0.15) is 0 Å². The van der Waals surface area contributed by atoms with Crippen LogP contribution in [-0.2, 0) is 16.1 Å². The smallest absolute Gasteiger partial charge is 0.306 e. The predicted molar refractivity (Wildman–Crippen MR) is 83.9 cm³/mol. The topological polar surface area (TPSA) is 41.6 Å². The van der Waals surface area contributed by atoms with Crippen molar-refractivity contribution in [1.29, 1.82) is 0 Å². The molecule has 0 amide bonds. The zero-order valence-electron chi connectivity index (χ0n) is 13.7. The number of halogens is 2. The Morgan fingerprint density at radius 1 is 1.43 bits per heavy atom. The van der Waals surface area contributed by atoms with Crippen molar-refractivity contribution in [2.45, 2.75) is 26.3 Å². The van der Waals surface area contributed by atoms with Gasteiger partial charge in [0, 0.05) is 31.7 Å². The molecule has 0 bridgehead atoms. The molecule has 1 atom stereocenters. The summed E-state index contributed by atoms with van der Waals surface area (Å²) in [7, 11) is 1.35. The van der Waals surface area contributed by atoms with Gasteiger partial charge in [0.15, 0.2) is 11.6 Å². The number of methoxy groups -OCH3 is 1. The molecule has 23 heavy (non-hydrogen) atoms. The van der Waals surface area contributed by atoms with E-state index in [1.165, 1.54) is 13.2 Å². The van der Waals surface area contributed by atoms with Gasteiger partial charge in [0.05, 0.1) is 13.5 Å². The van der Waals surface area contributed by atoms with Crippen LogP contribution in [0.5, 0.6) is 0 Å². The van der Waals surface area contributed by atoms with E-state index in [4.69, 9.17) is 0 Å². The first-order valence-corrected chi connectivity index (χ1v) is 7.86. The van der Waals surface area contributed by atoms with E-state index in [2.05, 4.69) is 17.0 Å². The number of hydrogen-bond acceptors (Lipinski definition) is 4. The lowest BCUT2D eigenvalue weighted by Gasteiger charge is -2.32. The zero-order valence-corrected chi connectivity index (χ0v) is 13.7. The molecule has 1 fully saturated rings. The van der Waals surface area contributed by atoms with Crippen molar-refractivity contribution in [2.75, 3.05) is 33.3 Å². The molecule has 1 aromatic rings. The van der Waals surface area contributed by atoms with Gasteiger partial charge in [0.25, 0.3) is 0 Å². The number of hydrogen-bond donors (Lipinski definition) is 1. The average molecular weight is 326 g/mol. The minimum absolute atomic E-state index is 0.0694. The maximum absolute atomic E-state index is 13.9. The van der Waals surface area contributed by atoms with Crippen LogP contribution in [0.4, 0.5) is 8.78 Å². The van der Waals surface area contributed by atoms with E-state index in [0.29, 0.717) is 18.7 Å². The second-order valence-corrected chi connectivity index (χ2v) is 6.49. The average Bonchev–Trinajstić information content (AvgIpc) is 2.95. The van der Waals surface area contributed by atoms with Crippen molar-refractivity contribution in [1.82, 2.24) is 10.2 Å². The van der Waals surface area contributed by atoms with Crippen molar-refractivity contribution < 1.29 is 18.3 Å². The summed E-state index contributed by atoms with van der Waals surface area (Å²) in [5, 5.41) is 3.33. The Balaban J connectivity index is 2.08. The zero-order chi connectivity index (χ0) is 16.9. The van der Waals surface area contributed by atoms with Gasteiger partial charge in [-0.1, -0.05) is 19.1 Å². The minimum Gasteiger partial charge on any atom is -0.469 e. The number of rotatable bonds is 7. The number of carbonyl (C=O) groups excluding carboxylic acids is 1. The normalized spacial score (nSPS) is 20.9. The largest absolute Gasteiger partial charge is 0.469 e. The number of carbonyl (C=O) groups is 1. The second kappa shape index (κ2) is 7.84. The summed E-state index contributed by atoms with van der Waals surface area (Å²) in [6.45, 7) is 5.45. The van der Waals surface area contributed by atoms with Crippen LogP contribution in [0.2, 0.25) is 0 Å². The quantitative estimate of drug-likeness (QED) is 0.781. The number of nitrogens with one attached hydrogen (secondary N) is 1. The predicted octanol–water partition coefficient (Wildman–Crippen LogP) is 2.33. The van der Waals surface area contributed by atoms with E-state index >= 15 is 0 Å². The lowest BCUT2D eigenvalue weighted by molar-refractivity contribution is -0.141. The second-order valence-electron chi connectivity index (χ2n) is 6.49. The third kappa shape index (κ3) is 4.97. The third-order valence-electron chi connectivity index (χ3n) is 4.35. The van der Waals surface area contributed by atoms with Gasteiger partial charge in [0.1, 0.15) is 0 Å². The lowest BCUT2D eigenvalue weighted by Crippen LogP contribution is -2.38. The van der Waals surface area contributed by atoms with E-state index in [1.54, 1.807) is 6.07 Å². The van der Waals surface area contributed by atoms with Gasteiger partial charge in [-0.3, -0.25) is 9.69 Å². The van der Waals surface area contributed by atoms with Crippen LogP contribution >= 0.6 is 0 Å². The molecule has 1 aromatic carbocycles. The van der Waals surface area contributed by atoms with Crippen LogP contribution in [0.1, 0.15) is 25.3 Å². The number of esters is 1. The van der Waals surface area contributed by atoms with Crippen LogP contribution < -0.4 is 5.32 Å². The van der Waals surface area contributed by atoms with Gasteiger partial charge in [0.2, 0.25) is 0 Å². The maximum atomic E-state index is 13.9. The minimum atomic E-state index is -0.843. The Bertz CT molecular complexity index is 545. The highest BCUT2D eigenvalue weighted by atomic mass is 19.2. The van der Waals surface area contributed by atoms with Gasteiger partial charge in [-0.05, 0) is 24.4 Å². The van der Waals surface area contributed by atoms with Gasteiger partial charge in [-0.25, -0.2) is 8.78 Å². The fourth-order valence-electron chi connectivity index (χ4n) is 3.02. The lowest BCUT2D eigenvalue weighted by atomic mass is 9.89. The molecule has 2 rings (SSSR count).